The minimum absolute atomic E-state index is 0.140. The van der Waals surface area contributed by atoms with Crippen LogP contribution in [0.4, 0.5) is 16.2 Å². The molecule has 0 heterocycles. The predicted molar refractivity (Wildman–Crippen MR) is 91.2 cm³/mol. The van der Waals surface area contributed by atoms with Gasteiger partial charge in [0.2, 0.25) is 0 Å². The van der Waals surface area contributed by atoms with Gasteiger partial charge in [-0.3, -0.25) is 4.79 Å². The lowest BCUT2D eigenvalue weighted by atomic mass is 10.2. The van der Waals surface area contributed by atoms with Gasteiger partial charge in [-0.05, 0) is 25.1 Å². The standard InChI is InChI=1S/C15H18ClN5O3/c1-2-24-15(23)20-6-5-19-9-10(8-17)14(22)21-13-4-3-11(18)7-12(13)16/h3-4,7,9,19H,2,5-6,18H2,1H3,(H,20,23)(H,21,22)/b10-9-. The van der Waals surface area contributed by atoms with Crippen LogP contribution in [0.3, 0.4) is 0 Å². The van der Waals surface area contributed by atoms with Crippen molar-refractivity contribution in [2.75, 3.05) is 30.7 Å². The smallest absolute Gasteiger partial charge is 0.407 e. The molecule has 9 heteroatoms. The summed E-state index contributed by atoms with van der Waals surface area (Å²) in [4.78, 5) is 23.1. The summed E-state index contributed by atoms with van der Waals surface area (Å²) in [6, 6.07) is 6.39. The Morgan fingerprint density at radius 1 is 1.42 bits per heavy atom. The lowest BCUT2D eigenvalue weighted by Crippen LogP contribution is -2.31. The van der Waals surface area contributed by atoms with Crippen LogP contribution in [0, 0.1) is 11.3 Å². The van der Waals surface area contributed by atoms with E-state index >= 15 is 0 Å². The van der Waals surface area contributed by atoms with Gasteiger partial charge in [0, 0.05) is 25.0 Å². The van der Waals surface area contributed by atoms with Crippen molar-refractivity contribution >= 4 is 35.0 Å². The molecule has 0 spiro atoms. The summed E-state index contributed by atoms with van der Waals surface area (Å²) < 4.78 is 4.68. The minimum Gasteiger partial charge on any atom is -0.450 e. The van der Waals surface area contributed by atoms with Crippen LogP contribution in [0.25, 0.3) is 0 Å². The topological polar surface area (TPSA) is 129 Å². The van der Waals surface area contributed by atoms with Gasteiger partial charge >= 0.3 is 6.09 Å². The van der Waals surface area contributed by atoms with Gasteiger partial charge in [0.1, 0.15) is 11.6 Å². The second-order valence-electron chi connectivity index (χ2n) is 4.46. The summed E-state index contributed by atoms with van der Waals surface area (Å²) in [5.74, 6) is -0.616. The van der Waals surface area contributed by atoms with Crippen LogP contribution >= 0.6 is 11.6 Å². The number of amides is 2. The number of nitrogens with zero attached hydrogens (tertiary/aromatic N) is 1. The third-order valence-electron chi connectivity index (χ3n) is 2.67. The van der Waals surface area contributed by atoms with Gasteiger partial charge in [-0.25, -0.2) is 4.79 Å². The van der Waals surface area contributed by atoms with E-state index in [1.54, 1.807) is 25.1 Å². The van der Waals surface area contributed by atoms with E-state index in [0.717, 1.165) is 0 Å². The lowest BCUT2D eigenvalue weighted by molar-refractivity contribution is -0.112. The Balaban J connectivity index is 2.51. The second-order valence-corrected chi connectivity index (χ2v) is 4.87. The van der Waals surface area contributed by atoms with E-state index in [0.29, 0.717) is 17.9 Å². The molecule has 0 radical (unpaired) electrons. The molecule has 0 saturated carbocycles. The summed E-state index contributed by atoms with van der Waals surface area (Å²) in [7, 11) is 0. The zero-order valence-corrected chi connectivity index (χ0v) is 13.8. The number of nitrogen functional groups attached to an aromatic ring is 1. The SMILES string of the molecule is CCOC(=O)NCCN/C=C(/C#N)C(=O)Nc1ccc(N)cc1Cl. The number of carbonyl (C=O) groups excluding carboxylic acids is 2. The van der Waals surface area contributed by atoms with E-state index in [2.05, 4.69) is 20.7 Å². The monoisotopic (exact) mass is 351 g/mol. The highest BCUT2D eigenvalue weighted by Crippen LogP contribution is 2.24. The van der Waals surface area contributed by atoms with Crippen LogP contribution in [-0.4, -0.2) is 31.7 Å². The zero-order valence-electron chi connectivity index (χ0n) is 13.1. The zero-order chi connectivity index (χ0) is 17.9. The number of benzene rings is 1. The Labute approximate surface area is 144 Å². The molecule has 0 aliphatic heterocycles. The van der Waals surface area contributed by atoms with Crippen molar-refractivity contribution < 1.29 is 14.3 Å². The molecular weight excluding hydrogens is 334 g/mol. The fraction of sp³-hybridized carbons (Fsp3) is 0.267. The summed E-state index contributed by atoms with van der Waals surface area (Å²) in [5.41, 5.74) is 6.24. The summed E-state index contributed by atoms with van der Waals surface area (Å²) in [5, 5.41) is 17.1. The number of anilines is 2. The summed E-state index contributed by atoms with van der Waals surface area (Å²) in [6.07, 6.45) is 0.729. The quantitative estimate of drug-likeness (QED) is 0.255. The molecule has 0 atom stereocenters. The summed E-state index contributed by atoms with van der Waals surface area (Å²) in [6.45, 7) is 2.58. The number of carbonyl (C=O) groups is 2. The van der Waals surface area contributed by atoms with Crippen molar-refractivity contribution in [2.45, 2.75) is 6.92 Å². The number of nitrogens with two attached hydrogens (primary N) is 1. The Hall–Kier alpha value is -2.92. The number of alkyl carbamates (subject to hydrolysis) is 1. The highest BCUT2D eigenvalue weighted by Gasteiger charge is 2.11. The molecule has 0 unspecified atom stereocenters. The third-order valence-corrected chi connectivity index (χ3v) is 2.98. The number of hydrogen-bond donors (Lipinski definition) is 4. The molecule has 0 saturated heterocycles. The minimum atomic E-state index is -0.616. The first kappa shape index (κ1) is 19.1. The molecule has 0 aromatic heterocycles. The van der Waals surface area contributed by atoms with E-state index < -0.39 is 12.0 Å². The van der Waals surface area contributed by atoms with Crippen molar-refractivity contribution in [3.63, 3.8) is 0 Å². The van der Waals surface area contributed by atoms with Gasteiger partial charge in [-0.15, -0.1) is 0 Å². The van der Waals surface area contributed by atoms with Gasteiger partial charge in [0.15, 0.2) is 0 Å². The van der Waals surface area contributed by atoms with E-state index in [4.69, 9.17) is 22.6 Å². The Bertz CT molecular complexity index is 670. The Kier molecular flexibility index (Phi) is 7.94. The number of rotatable bonds is 7. The molecule has 2 amide bonds. The first-order chi connectivity index (χ1) is 11.5. The maximum Gasteiger partial charge on any atom is 0.407 e. The van der Waals surface area contributed by atoms with Crippen molar-refractivity contribution in [1.82, 2.24) is 10.6 Å². The molecule has 128 valence electrons. The van der Waals surface area contributed by atoms with Crippen LogP contribution in [0.1, 0.15) is 6.92 Å². The predicted octanol–water partition coefficient (Wildman–Crippen LogP) is 1.60. The van der Waals surface area contributed by atoms with E-state index in [1.807, 2.05) is 0 Å². The van der Waals surface area contributed by atoms with Crippen LogP contribution < -0.4 is 21.7 Å². The van der Waals surface area contributed by atoms with Crippen molar-refractivity contribution in [3.05, 3.63) is 35.0 Å². The van der Waals surface area contributed by atoms with E-state index in [1.165, 1.54) is 12.3 Å². The highest BCUT2D eigenvalue weighted by molar-refractivity contribution is 6.34. The fourth-order valence-corrected chi connectivity index (χ4v) is 1.80. The third kappa shape index (κ3) is 6.46. The van der Waals surface area contributed by atoms with Crippen molar-refractivity contribution in [2.24, 2.45) is 0 Å². The molecule has 5 N–H and O–H groups in total. The number of nitrogens with one attached hydrogen (secondary N) is 3. The molecule has 0 aliphatic carbocycles. The molecule has 1 aromatic rings. The normalized spacial score (nSPS) is 10.5. The van der Waals surface area contributed by atoms with Crippen LogP contribution in [0.5, 0.6) is 0 Å². The number of hydrogen-bond acceptors (Lipinski definition) is 6. The second kappa shape index (κ2) is 9.97. The maximum atomic E-state index is 12.0. The molecule has 0 fully saturated rings. The van der Waals surface area contributed by atoms with Crippen molar-refractivity contribution in [3.8, 4) is 6.07 Å². The first-order valence-corrected chi connectivity index (χ1v) is 7.46. The van der Waals surface area contributed by atoms with Gasteiger partial charge < -0.3 is 26.4 Å². The first-order valence-electron chi connectivity index (χ1n) is 7.08. The Morgan fingerprint density at radius 3 is 2.79 bits per heavy atom. The van der Waals surface area contributed by atoms with Crippen LogP contribution in [0.15, 0.2) is 30.0 Å². The molecular formula is C15H18ClN5O3. The van der Waals surface area contributed by atoms with Gasteiger partial charge in [-0.1, -0.05) is 11.6 Å². The van der Waals surface area contributed by atoms with Gasteiger partial charge in [0.05, 0.1) is 17.3 Å². The number of ether oxygens (including phenoxy) is 1. The largest absolute Gasteiger partial charge is 0.450 e. The lowest BCUT2D eigenvalue weighted by Gasteiger charge is -2.08. The van der Waals surface area contributed by atoms with Crippen LogP contribution in [0.2, 0.25) is 5.02 Å². The molecule has 0 aliphatic rings. The molecule has 24 heavy (non-hydrogen) atoms. The van der Waals surface area contributed by atoms with Crippen LogP contribution in [-0.2, 0) is 9.53 Å². The molecule has 1 rings (SSSR count). The summed E-state index contributed by atoms with van der Waals surface area (Å²) >= 11 is 5.96. The fourth-order valence-electron chi connectivity index (χ4n) is 1.56. The molecule has 8 nitrogen and oxygen atoms in total. The van der Waals surface area contributed by atoms with Gasteiger partial charge in [-0.2, -0.15) is 5.26 Å². The Morgan fingerprint density at radius 2 is 2.17 bits per heavy atom. The van der Waals surface area contributed by atoms with Crippen molar-refractivity contribution in [1.29, 1.82) is 5.26 Å². The molecule has 0 bridgehead atoms. The highest BCUT2D eigenvalue weighted by atomic mass is 35.5. The average Bonchev–Trinajstić information content (AvgIpc) is 2.53. The number of nitriles is 1. The maximum absolute atomic E-state index is 12.0. The average molecular weight is 352 g/mol. The van der Waals surface area contributed by atoms with E-state index in [-0.39, 0.29) is 23.7 Å². The van der Waals surface area contributed by atoms with E-state index in [9.17, 15) is 9.59 Å². The number of halogens is 1. The van der Waals surface area contributed by atoms with Gasteiger partial charge in [0.25, 0.3) is 5.91 Å². The molecule has 1 aromatic carbocycles.